The van der Waals surface area contributed by atoms with Crippen LogP contribution < -0.4 is 0 Å². The Labute approximate surface area is 112 Å². The number of hydrogen-bond acceptors (Lipinski definition) is 3. The van der Waals surface area contributed by atoms with Gasteiger partial charge in [-0.05, 0) is 57.0 Å². The van der Waals surface area contributed by atoms with E-state index in [-0.39, 0.29) is 18.1 Å². The molecule has 1 aliphatic rings. The first kappa shape index (κ1) is 13.6. The molecule has 1 unspecified atom stereocenters. The predicted molar refractivity (Wildman–Crippen MR) is 74.1 cm³/mol. The summed E-state index contributed by atoms with van der Waals surface area (Å²) in [5, 5.41) is 11.3. The van der Waals surface area contributed by atoms with E-state index in [0.29, 0.717) is 0 Å². The van der Waals surface area contributed by atoms with Gasteiger partial charge in [-0.1, -0.05) is 0 Å². The van der Waals surface area contributed by atoms with Crippen LogP contribution in [0.4, 0.5) is 0 Å². The van der Waals surface area contributed by atoms with Gasteiger partial charge in [-0.15, -0.1) is 11.3 Å². The lowest BCUT2D eigenvalue weighted by molar-refractivity contribution is -0.141. The van der Waals surface area contributed by atoms with E-state index in [1.165, 1.54) is 10.4 Å². The molecule has 0 fully saturated rings. The number of carbonyl (C=O) groups is 1. The molecule has 100 valence electrons. The van der Waals surface area contributed by atoms with Crippen molar-refractivity contribution in [1.29, 1.82) is 0 Å². The summed E-state index contributed by atoms with van der Waals surface area (Å²) in [6, 6.07) is 2.43. The number of aliphatic carboxylic acids is 1. The zero-order valence-electron chi connectivity index (χ0n) is 11.3. The van der Waals surface area contributed by atoms with Crippen molar-refractivity contribution in [2.24, 2.45) is 0 Å². The summed E-state index contributed by atoms with van der Waals surface area (Å²) >= 11 is 1.80. The van der Waals surface area contributed by atoms with Crippen molar-refractivity contribution < 1.29 is 9.90 Å². The zero-order chi connectivity index (χ0) is 13.3. The summed E-state index contributed by atoms with van der Waals surface area (Å²) in [6.45, 7) is 6.40. The predicted octanol–water partition coefficient (Wildman–Crippen LogP) is 3.31. The average molecular weight is 267 g/mol. The summed E-state index contributed by atoms with van der Waals surface area (Å²) in [5.41, 5.74) is 1.22. The molecule has 1 aromatic rings. The lowest BCUT2D eigenvalue weighted by Crippen LogP contribution is -2.47. The summed E-state index contributed by atoms with van der Waals surface area (Å²) in [6.07, 6.45) is 3.37. The van der Waals surface area contributed by atoms with Crippen LogP contribution in [-0.2, 0) is 11.2 Å². The Morgan fingerprint density at radius 1 is 1.56 bits per heavy atom. The highest BCUT2D eigenvalue weighted by Gasteiger charge is 2.34. The fourth-order valence-corrected chi connectivity index (χ4v) is 3.73. The van der Waals surface area contributed by atoms with Gasteiger partial charge in [0, 0.05) is 16.5 Å². The van der Waals surface area contributed by atoms with Crippen molar-refractivity contribution in [2.75, 3.05) is 6.54 Å². The molecule has 1 heterocycles. The molecule has 4 heteroatoms. The minimum atomic E-state index is -0.743. The Bertz CT molecular complexity index is 433. The first-order valence-corrected chi connectivity index (χ1v) is 7.32. The van der Waals surface area contributed by atoms with Crippen molar-refractivity contribution in [3.05, 3.63) is 21.9 Å². The smallest absolute Gasteiger partial charge is 0.317 e. The molecule has 0 saturated heterocycles. The normalized spacial score (nSPS) is 19.9. The molecule has 0 spiro atoms. The van der Waals surface area contributed by atoms with Crippen LogP contribution in [0.1, 0.15) is 50.1 Å². The molecule has 0 radical (unpaired) electrons. The number of nitrogens with zero attached hydrogens (tertiary/aromatic N) is 1. The van der Waals surface area contributed by atoms with Gasteiger partial charge in [0.1, 0.15) is 0 Å². The van der Waals surface area contributed by atoms with Crippen LogP contribution in [0, 0.1) is 0 Å². The van der Waals surface area contributed by atoms with Crippen molar-refractivity contribution >= 4 is 17.3 Å². The molecular weight excluding hydrogens is 246 g/mol. The molecule has 18 heavy (non-hydrogen) atoms. The van der Waals surface area contributed by atoms with Gasteiger partial charge >= 0.3 is 5.97 Å². The number of carboxylic acids is 1. The Morgan fingerprint density at radius 2 is 2.28 bits per heavy atom. The molecule has 0 aliphatic heterocycles. The molecule has 1 atom stereocenters. The number of aryl methyl sites for hydroxylation is 1. The third-order valence-electron chi connectivity index (χ3n) is 3.56. The van der Waals surface area contributed by atoms with Gasteiger partial charge in [0.25, 0.3) is 0 Å². The second-order valence-corrected chi connectivity index (χ2v) is 6.90. The van der Waals surface area contributed by atoms with E-state index in [1.807, 2.05) is 0 Å². The van der Waals surface area contributed by atoms with E-state index in [4.69, 9.17) is 5.11 Å². The van der Waals surface area contributed by atoms with E-state index in [9.17, 15) is 4.79 Å². The van der Waals surface area contributed by atoms with Crippen molar-refractivity contribution in [3.63, 3.8) is 0 Å². The quantitative estimate of drug-likeness (QED) is 0.913. The van der Waals surface area contributed by atoms with Crippen molar-refractivity contribution in [3.8, 4) is 0 Å². The van der Waals surface area contributed by atoms with E-state index >= 15 is 0 Å². The Morgan fingerprint density at radius 3 is 2.89 bits per heavy atom. The molecule has 0 aromatic carbocycles. The van der Waals surface area contributed by atoms with Gasteiger partial charge in [0.15, 0.2) is 0 Å². The number of rotatable bonds is 3. The third kappa shape index (κ3) is 2.75. The Hall–Kier alpha value is -0.870. The number of fused-ring (bicyclic) bond motifs is 1. The van der Waals surface area contributed by atoms with Crippen molar-refractivity contribution in [2.45, 2.75) is 51.6 Å². The molecule has 1 aromatic heterocycles. The van der Waals surface area contributed by atoms with Gasteiger partial charge in [-0.25, -0.2) is 0 Å². The first-order valence-electron chi connectivity index (χ1n) is 6.44. The van der Waals surface area contributed by atoms with E-state index in [0.717, 1.165) is 19.3 Å². The lowest BCUT2D eigenvalue weighted by atomic mass is 9.89. The molecule has 1 aliphatic carbocycles. The van der Waals surface area contributed by atoms with Crippen molar-refractivity contribution in [1.82, 2.24) is 4.90 Å². The molecule has 2 rings (SSSR count). The lowest BCUT2D eigenvalue weighted by Gasteiger charge is -2.42. The Balaban J connectivity index is 2.30. The zero-order valence-corrected chi connectivity index (χ0v) is 12.1. The van der Waals surface area contributed by atoms with Crippen LogP contribution in [0.2, 0.25) is 0 Å². The highest BCUT2D eigenvalue weighted by atomic mass is 32.1. The highest BCUT2D eigenvalue weighted by molar-refractivity contribution is 7.10. The molecular formula is C14H21NO2S. The summed E-state index contributed by atoms with van der Waals surface area (Å²) in [7, 11) is 0. The SMILES string of the molecule is CC(C)(C)N(CC(=O)O)C1CCCc2sccc21. The second kappa shape index (κ2) is 5.02. The maximum Gasteiger partial charge on any atom is 0.317 e. The van der Waals surface area contributed by atoms with Gasteiger partial charge < -0.3 is 5.11 Å². The molecule has 1 N–H and O–H groups in total. The van der Waals surface area contributed by atoms with Crippen LogP contribution in [0.15, 0.2) is 11.4 Å². The minimum Gasteiger partial charge on any atom is -0.480 e. The van der Waals surface area contributed by atoms with E-state index in [1.54, 1.807) is 11.3 Å². The van der Waals surface area contributed by atoms with E-state index < -0.39 is 5.97 Å². The first-order chi connectivity index (χ1) is 8.39. The average Bonchev–Trinajstić information content (AvgIpc) is 2.71. The fourth-order valence-electron chi connectivity index (χ4n) is 2.75. The standard InChI is InChI=1S/C14H21NO2S/c1-14(2,3)15(9-13(16)17)11-5-4-6-12-10(11)7-8-18-12/h7-8,11H,4-6,9H2,1-3H3,(H,16,17). The minimum absolute atomic E-state index is 0.115. The highest BCUT2D eigenvalue weighted by Crippen LogP contribution is 2.39. The Kier molecular flexibility index (Phi) is 3.78. The van der Waals surface area contributed by atoms with Crippen LogP contribution in [0.5, 0.6) is 0 Å². The van der Waals surface area contributed by atoms with Crippen LogP contribution in [0.3, 0.4) is 0 Å². The maximum absolute atomic E-state index is 11.1. The molecule has 0 bridgehead atoms. The number of thiophene rings is 1. The van der Waals surface area contributed by atoms with Crippen LogP contribution >= 0.6 is 11.3 Å². The van der Waals surface area contributed by atoms with Gasteiger partial charge in [-0.3, -0.25) is 9.69 Å². The second-order valence-electron chi connectivity index (χ2n) is 5.90. The van der Waals surface area contributed by atoms with Crippen LogP contribution in [-0.4, -0.2) is 28.1 Å². The summed E-state index contributed by atoms with van der Waals surface area (Å²) in [5.74, 6) is -0.743. The van der Waals surface area contributed by atoms with Gasteiger partial charge in [0.2, 0.25) is 0 Å². The fraction of sp³-hybridized carbons (Fsp3) is 0.643. The number of hydrogen-bond donors (Lipinski definition) is 1. The van der Waals surface area contributed by atoms with E-state index in [2.05, 4.69) is 37.1 Å². The van der Waals surface area contributed by atoms with Gasteiger partial charge in [-0.2, -0.15) is 0 Å². The largest absolute Gasteiger partial charge is 0.480 e. The molecule has 0 amide bonds. The van der Waals surface area contributed by atoms with Gasteiger partial charge in [0.05, 0.1) is 6.54 Å². The summed E-state index contributed by atoms with van der Waals surface area (Å²) in [4.78, 5) is 14.7. The monoisotopic (exact) mass is 267 g/mol. The topological polar surface area (TPSA) is 40.5 Å². The van der Waals surface area contributed by atoms with Crippen LogP contribution in [0.25, 0.3) is 0 Å². The molecule has 3 nitrogen and oxygen atoms in total. The summed E-state index contributed by atoms with van der Waals surface area (Å²) < 4.78 is 0. The maximum atomic E-state index is 11.1. The molecule has 0 saturated carbocycles. The number of carboxylic acid groups (broad SMARTS) is 1. The third-order valence-corrected chi connectivity index (χ3v) is 4.56.